The molecule has 0 aromatic carbocycles. The molecule has 0 bridgehead atoms. The summed E-state index contributed by atoms with van der Waals surface area (Å²) in [5.74, 6) is 0.640. The first-order valence-corrected chi connectivity index (χ1v) is 4.97. The summed E-state index contributed by atoms with van der Waals surface area (Å²) in [6.07, 6.45) is 6.60. The molecule has 0 spiro atoms. The molecule has 2 heterocycles. The van der Waals surface area contributed by atoms with Gasteiger partial charge in [0.05, 0.1) is 5.69 Å². The third kappa shape index (κ3) is 1.77. The van der Waals surface area contributed by atoms with Gasteiger partial charge in [-0.2, -0.15) is 5.10 Å². The lowest BCUT2D eigenvalue weighted by Gasteiger charge is -1.88. The minimum atomic E-state index is 0.640. The van der Waals surface area contributed by atoms with E-state index in [-0.39, 0.29) is 0 Å². The van der Waals surface area contributed by atoms with Gasteiger partial charge in [-0.25, -0.2) is 4.98 Å². The third-order valence-electron chi connectivity index (χ3n) is 1.92. The predicted molar refractivity (Wildman–Crippen MR) is 58.3 cm³/mol. The molecule has 3 nitrogen and oxygen atoms in total. The van der Waals surface area contributed by atoms with Crippen LogP contribution in [0.25, 0.3) is 17.1 Å². The van der Waals surface area contributed by atoms with Gasteiger partial charge >= 0.3 is 0 Å². The maximum absolute atomic E-state index is 5.57. The number of nitrogens with zero attached hydrogens (tertiary/aromatic N) is 2. The van der Waals surface area contributed by atoms with Crippen molar-refractivity contribution in [2.24, 2.45) is 0 Å². The number of hydrogen-bond acceptors (Lipinski definition) is 2. The number of H-pyrrole nitrogens is 1. The molecule has 0 saturated heterocycles. The van der Waals surface area contributed by atoms with E-state index in [0.29, 0.717) is 5.88 Å². The van der Waals surface area contributed by atoms with Crippen molar-refractivity contribution in [3.8, 4) is 0 Å². The van der Waals surface area contributed by atoms with Gasteiger partial charge in [0.2, 0.25) is 0 Å². The second-order valence-electron chi connectivity index (χ2n) is 2.89. The average molecular weight is 208 g/mol. The molecule has 2 aromatic rings. The van der Waals surface area contributed by atoms with Gasteiger partial charge in [0, 0.05) is 17.5 Å². The van der Waals surface area contributed by atoms with E-state index in [1.54, 1.807) is 6.20 Å². The summed E-state index contributed by atoms with van der Waals surface area (Å²) < 4.78 is 0. The number of hydrogen-bond donors (Lipinski definition) is 1. The first kappa shape index (κ1) is 9.21. The van der Waals surface area contributed by atoms with E-state index in [0.717, 1.165) is 23.1 Å². The van der Waals surface area contributed by atoms with Crippen LogP contribution < -0.4 is 0 Å². The smallest absolute Gasteiger partial charge is 0.181 e. The van der Waals surface area contributed by atoms with Crippen molar-refractivity contribution in [2.75, 3.05) is 5.88 Å². The Morgan fingerprint density at radius 2 is 2.43 bits per heavy atom. The van der Waals surface area contributed by atoms with Gasteiger partial charge in [-0.3, -0.25) is 5.10 Å². The molecule has 2 aromatic heterocycles. The van der Waals surface area contributed by atoms with E-state index in [4.69, 9.17) is 11.6 Å². The zero-order chi connectivity index (χ0) is 9.80. The Bertz CT molecular complexity index is 447. The molecule has 1 N–H and O–H groups in total. The summed E-state index contributed by atoms with van der Waals surface area (Å²) in [4.78, 5) is 4.13. The fraction of sp³-hybridized carbons (Fsp3) is 0.200. The van der Waals surface area contributed by atoms with Crippen molar-refractivity contribution in [3.05, 3.63) is 30.1 Å². The van der Waals surface area contributed by atoms with Crippen LogP contribution in [-0.2, 0) is 0 Å². The number of nitrogens with one attached hydrogen (secondary N) is 1. The van der Waals surface area contributed by atoms with Crippen molar-refractivity contribution in [1.82, 2.24) is 15.2 Å². The van der Waals surface area contributed by atoms with Crippen molar-refractivity contribution >= 4 is 28.7 Å². The molecule has 0 radical (unpaired) electrons. The van der Waals surface area contributed by atoms with E-state index in [2.05, 4.69) is 15.2 Å². The summed E-state index contributed by atoms with van der Waals surface area (Å²) in [6, 6.07) is 3.89. The lowest BCUT2D eigenvalue weighted by atomic mass is 10.2. The van der Waals surface area contributed by atoms with Crippen LogP contribution in [0.5, 0.6) is 0 Å². The second kappa shape index (κ2) is 4.24. The monoisotopic (exact) mass is 207 g/mol. The number of halogens is 1. The van der Waals surface area contributed by atoms with Gasteiger partial charge in [0.25, 0.3) is 0 Å². The molecular weight excluding hydrogens is 198 g/mol. The SMILES string of the molecule is ClCCC=Cc1[nH]nc2ncccc12. The quantitative estimate of drug-likeness (QED) is 0.787. The van der Waals surface area contributed by atoms with E-state index in [9.17, 15) is 0 Å². The fourth-order valence-electron chi connectivity index (χ4n) is 1.26. The first-order chi connectivity index (χ1) is 6.92. The second-order valence-corrected chi connectivity index (χ2v) is 3.27. The number of rotatable bonds is 3. The minimum Gasteiger partial charge on any atom is -0.276 e. The lowest BCUT2D eigenvalue weighted by Crippen LogP contribution is -1.74. The highest BCUT2D eigenvalue weighted by molar-refractivity contribution is 6.17. The van der Waals surface area contributed by atoms with Gasteiger partial charge in [0.1, 0.15) is 0 Å². The van der Waals surface area contributed by atoms with Gasteiger partial charge in [-0.1, -0.05) is 6.08 Å². The van der Waals surface area contributed by atoms with Crippen LogP contribution in [0.15, 0.2) is 24.4 Å². The summed E-state index contributed by atoms with van der Waals surface area (Å²) >= 11 is 5.57. The topological polar surface area (TPSA) is 41.6 Å². The summed E-state index contributed by atoms with van der Waals surface area (Å²) in [5.41, 5.74) is 1.73. The van der Waals surface area contributed by atoms with Crippen LogP contribution in [0.4, 0.5) is 0 Å². The first-order valence-electron chi connectivity index (χ1n) is 4.43. The Kier molecular flexibility index (Phi) is 2.79. The number of fused-ring (bicyclic) bond motifs is 1. The molecule has 0 atom stereocenters. The zero-order valence-electron chi connectivity index (χ0n) is 7.57. The van der Waals surface area contributed by atoms with Crippen molar-refractivity contribution in [1.29, 1.82) is 0 Å². The predicted octanol–water partition coefficient (Wildman–Crippen LogP) is 2.60. The van der Waals surface area contributed by atoms with E-state index in [1.807, 2.05) is 24.3 Å². The summed E-state index contributed by atoms with van der Waals surface area (Å²) in [7, 11) is 0. The Hall–Kier alpha value is -1.35. The molecule has 14 heavy (non-hydrogen) atoms. The standard InChI is InChI=1S/C10H10ClN3/c11-6-2-1-5-9-8-4-3-7-12-10(8)14-13-9/h1,3-5,7H,2,6H2,(H,12,13,14). The van der Waals surface area contributed by atoms with Crippen LogP contribution in [0, 0.1) is 0 Å². The van der Waals surface area contributed by atoms with Crippen LogP contribution in [0.2, 0.25) is 0 Å². The highest BCUT2D eigenvalue weighted by atomic mass is 35.5. The van der Waals surface area contributed by atoms with Gasteiger partial charge in [-0.05, 0) is 24.6 Å². The van der Waals surface area contributed by atoms with Gasteiger partial charge in [0.15, 0.2) is 5.65 Å². The lowest BCUT2D eigenvalue weighted by molar-refractivity contribution is 1.08. The minimum absolute atomic E-state index is 0.640. The molecule has 0 amide bonds. The molecule has 0 unspecified atom stereocenters. The molecule has 0 aliphatic heterocycles. The molecule has 4 heteroatoms. The Labute approximate surface area is 86.8 Å². The molecule has 72 valence electrons. The Morgan fingerprint density at radius 1 is 1.50 bits per heavy atom. The van der Waals surface area contributed by atoms with E-state index < -0.39 is 0 Å². The van der Waals surface area contributed by atoms with Gasteiger partial charge in [-0.15, -0.1) is 11.6 Å². The number of aromatic amines is 1. The molecule has 2 rings (SSSR count). The van der Waals surface area contributed by atoms with E-state index >= 15 is 0 Å². The van der Waals surface area contributed by atoms with Crippen molar-refractivity contribution in [2.45, 2.75) is 6.42 Å². The summed E-state index contributed by atoms with van der Waals surface area (Å²) in [5, 5.41) is 8.05. The number of alkyl halides is 1. The average Bonchev–Trinajstić information content (AvgIpc) is 2.63. The summed E-state index contributed by atoms with van der Waals surface area (Å²) in [6.45, 7) is 0. The highest BCUT2D eigenvalue weighted by Gasteiger charge is 2.00. The molecule has 0 fully saturated rings. The largest absolute Gasteiger partial charge is 0.276 e. The van der Waals surface area contributed by atoms with Crippen LogP contribution in [0.3, 0.4) is 0 Å². The van der Waals surface area contributed by atoms with Crippen molar-refractivity contribution in [3.63, 3.8) is 0 Å². The number of aromatic nitrogens is 3. The number of pyridine rings is 1. The Morgan fingerprint density at radius 3 is 3.29 bits per heavy atom. The highest BCUT2D eigenvalue weighted by Crippen LogP contribution is 2.14. The molecule has 0 aliphatic rings. The molecule has 0 saturated carbocycles. The number of allylic oxidation sites excluding steroid dienone is 1. The third-order valence-corrected chi connectivity index (χ3v) is 2.14. The maximum Gasteiger partial charge on any atom is 0.181 e. The molecular formula is C10H10ClN3. The van der Waals surface area contributed by atoms with Crippen molar-refractivity contribution < 1.29 is 0 Å². The Balaban J connectivity index is 2.34. The maximum atomic E-state index is 5.57. The van der Waals surface area contributed by atoms with Gasteiger partial charge < -0.3 is 0 Å². The fourth-order valence-corrected chi connectivity index (χ4v) is 1.39. The molecule has 0 aliphatic carbocycles. The van der Waals surface area contributed by atoms with Crippen LogP contribution in [-0.4, -0.2) is 21.1 Å². The van der Waals surface area contributed by atoms with E-state index in [1.165, 1.54) is 0 Å². The zero-order valence-corrected chi connectivity index (χ0v) is 8.33. The van der Waals surface area contributed by atoms with Crippen LogP contribution >= 0.6 is 11.6 Å². The normalized spacial score (nSPS) is 11.5. The van der Waals surface area contributed by atoms with Crippen LogP contribution in [0.1, 0.15) is 12.1 Å².